The molecule has 0 unspecified atom stereocenters. The first-order valence-electron chi connectivity index (χ1n) is 11.7. The number of H-pyrrole nitrogens is 1. The van der Waals surface area contributed by atoms with Gasteiger partial charge in [0.15, 0.2) is 5.82 Å². The highest BCUT2D eigenvalue weighted by Gasteiger charge is 2.44. The Labute approximate surface area is 210 Å². The van der Waals surface area contributed by atoms with E-state index in [1.165, 1.54) is 4.90 Å². The van der Waals surface area contributed by atoms with Gasteiger partial charge in [0.2, 0.25) is 0 Å². The minimum atomic E-state index is -4.92. The Kier molecular flexibility index (Phi) is 7.46. The van der Waals surface area contributed by atoms with Crippen LogP contribution in [-0.4, -0.2) is 51.7 Å². The van der Waals surface area contributed by atoms with Crippen molar-refractivity contribution in [3.63, 3.8) is 0 Å². The van der Waals surface area contributed by atoms with Gasteiger partial charge in [-0.3, -0.25) is 14.7 Å². The summed E-state index contributed by atoms with van der Waals surface area (Å²) in [5.74, 6) is -1.81. The number of esters is 1. The van der Waals surface area contributed by atoms with Crippen LogP contribution in [0.2, 0.25) is 0 Å². The van der Waals surface area contributed by atoms with Gasteiger partial charge in [-0.05, 0) is 44.0 Å². The van der Waals surface area contributed by atoms with Crippen LogP contribution in [0.1, 0.15) is 41.4 Å². The molecule has 37 heavy (non-hydrogen) atoms. The van der Waals surface area contributed by atoms with Crippen molar-refractivity contribution in [2.75, 3.05) is 25.0 Å². The summed E-state index contributed by atoms with van der Waals surface area (Å²) >= 11 is 0. The molecule has 1 aliphatic rings. The molecule has 0 radical (unpaired) electrons. The number of likely N-dealkylation sites (tertiary alicyclic amines) is 1. The molecule has 0 aliphatic carbocycles. The first kappa shape index (κ1) is 26.1. The van der Waals surface area contributed by atoms with E-state index in [-0.39, 0.29) is 39.0 Å². The van der Waals surface area contributed by atoms with Gasteiger partial charge >= 0.3 is 12.1 Å². The quantitative estimate of drug-likeness (QED) is 0.346. The van der Waals surface area contributed by atoms with Crippen LogP contribution in [0.5, 0.6) is 0 Å². The molecule has 1 aromatic carbocycles. The summed E-state index contributed by atoms with van der Waals surface area (Å²) in [4.78, 5) is 31.8. The fraction of sp³-hybridized carbons (Fsp3) is 0.360. The number of piperidine rings is 1. The van der Waals surface area contributed by atoms with Crippen LogP contribution < -0.4 is 5.32 Å². The van der Waals surface area contributed by atoms with Crippen LogP contribution in [0.15, 0.2) is 48.7 Å². The maximum Gasteiger partial charge on any atom is 0.419 e. The van der Waals surface area contributed by atoms with E-state index in [0.717, 1.165) is 12.1 Å². The number of nitrogens with one attached hydrogen (secondary N) is 2. The van der Waals surface area contributed by atoms with Crippen molar-refractivity contribution in [2.45, 2.75) is 32.4 Å². The van der Waals surface area contributed by atoms with Gasteiger partial charge in [-0.2, -0.15) is 18.3 Å². The van der Waals surface area contributed by atoms with E-state index in [0.29, 0.717) is 23.4 Å². The molecule has 2 N–H and O–H groups in total. The van der Waals surface area contributed by atoms with E-state index in [1.54, 1.807) is 37.4 Å². The molecular formula is C25H25F4N5O3. The van der Waals surface area contributed by atoms with Crippen LogP contribution in [-0.2, 0) is 22.1 Å². The van der Waals surface area contributed by atoms with Crippen LogP contribution in [0.3, 0.4) is 0 Å². The van der Waals surface area contributed by atoms with Crippen LogP contribution in [0, 0.1) is 11.2 Å². The number of nitrogens with zero attached hydrogens (tertiary/aromatic N) is 3. The van der Waals surface area contributed by atoms with Crippen LogP contribution in [0.4, 0.5) is 29.2 Å². The largest absolute Gasteiger partial charge is 0.466 e. The Morgan fingerprint density at radius 1 is 1.11 bits per heavy atom. The number of anilines is 2. The van der Waals surface area contributed by atoms with Crippen molar-refractivity contribution < 1.29 is 31.9 Å². The summed E-state index contributed by atoms with van der Waals surface area (Å²) in [6.07, 6.45) is -2.69. The zero-order valence-electron chi connectivity index (χ0n) is 19.9. The minimum absolute atomic E-state index is 0.0402. The smallest absolute Gasteiger partial charge is 0.419 e. The lowest BCUT2D eigenvalue weighted by atomic mass is 9.74. The summed E-state index contributed by atoms with van der Waals surface area (Å²) < 4.78 is 59.2. The number of pyridine rings is 1. The van der Waals surface area contributed by atoms with Crippen molar-refractivity contribution in [1.29, 1.82) is 0 Å². The Balaban J connectivity index is 1.52. The van der Waals surface area contributed by atoms with E-state index in [4.69, 9.17) is 4.74 Å². The monoisotopic (exact) mass is 519 g/mol. The summed E-state index contributed by atoms with van der Waals surface area (Å²) in [6, 6.07) is 9.66. The van der Waals surface area contributed by atoms with Crippen LogP contribution >= 0.6 is 0 Å². The fourth-order valence-electron chi connectivity index (χ4n) is 4.42. The third-order valence-corrected chi connectivity index (χ3v) is 6.33. The molecule has 1 aliphatic heterocycles. The predicted octanol–water partition coefficient (Wildman–Crippen LogP) is 4.73. The number of hydrogen-bond acceptors (Lipinski definition) is 6. The average molecular weight is 519 g/mol. The molecule has 3 heterocycles. The Morgan fingerprint density at radius 2 is 1.84 bits per heavy atom. The second-order valence-electron chi connectivity index (χ2n) is 8.73. The van der Waals surface area contributed by atoms with Gasteiger partial charge in [0.25, 0.3) is 5.91 Å². The molecule has 1 amide bonds. The summed E-state index contributed by atoms with van der Waals surface area (Å²) in [5.41, 5.74) is -2.54. The maximum absolute atomic E-state index is 14.6. The SMILES string of the molecule is CCOC(=O)C1(Cc2cccc(Nc3cc[nH]n3)n2)CCN(C(=O)c2cccc(C(F)(F)F)c2F)CC1. The van der Waals surface area contributed by atoms with Crippen molar-refractivity contribution >= 4 is 23.5 Å². The van der Waals surface area contributed by atoms with Gasteiger partial charge < -0.3 is 15.0 Å². The van der Waals surface area contributed by atoms with Gasteiger partial charge in [-0.25, -0.2) is 9.37 Å². The number of benzene rings is 1. The van der Waals surface area contributed by atoms with Crippen molar-refractivity contribution in [1.82, 2.24) is 20.1 Å². The molecule has 3 aromatic rings. The van der Waals surface area contributed by atoms with E-state index >= 15 is 0 Å². The number of carbonyl (C=O) groups is 2. The number of rotatable bonds is 7. The summed E-state index contributed by atoms with van der Waals surface area (Å²) in [7, 11) is 0. The van der Waals surface area contributed by atoms with Gasteiger partial charge in [0.05, 0.1) is 23.1 Å². The lowest BCUT2D eigenvalue weighted by molar-refractivity contribution is -0.158. The topological polar surface area (TPSA) is 100 Å². The lowest BCUT2D eigenvalue weighted by Crippen LogP contribution is -2.48. The van der Waals surface area contributed by atoms with Crippen molar-refractivity contribution in [2.24, 2.45) is 5.41 Å². The summed E-state index contributed by atoms with van der Waals surface area (Å²) in [6.45, 7) is 1.93. The zero-order valence-corrected chi connectivity index (χ0v) is 19.9. The normalized spacial score (nSPS) is 15.3. The number of aromatic amines is 1. The van der Waals surface area contributed by atoms with Crippen molar-refractivity contribution in [3.8, 4) is 0 Å². The third kappa shape index (κ3) is 5.73. The second-order valence-corrected chi connectivity index (χ2v) is 8.73. The number of hydrogen-bond donors (Lipinski definition) is 2. The second kappa shape index (κ2) is 10.6. The molecular weight excluding hydrogens is 494 g/mol. The predicted molar refractivity (Wildman–Crippen MR) is 125 cm³/mol. The number of carbonyl (C=O) groups excluding carboxylic acids is 2. The molecule has 2 aromatic heterocycles. The molecule has 8 nitrogen and oxygen atoms in total. The van der Waals surface area contributed by atoms with E-state index < -0.39 is 40.4 Å². The number of aromatic nitrogens is 3. The lowest BCUT2D eigenvalue weighted by Gasteiger charge is -2.40. The highest BCUT2D eigenvalue weighted by Crippen LogP contribution is 2.38. The average Bonchev–Trinajstić information content (AvgIpc) is 3.37. The van der Waals surface area contributed by atoms with E-state index in [9.17, 15) is 27.2 Å². The van der Waals surface area contributed by atoms with Crippen LogP contribution in [0.25, 0.3) is 0 Å². The Morgan fingerprint density at radius 3 is 2.49 bits per heavy atom. The van der Waals surface area contributed by atoms with E-state index in [1.807, 2.05) is 0 Å². The van der Waals surface area contributed by atoms with E-state index in [2.05, 4.69) is 20.5 Å². The number of amides is 1. The third-order valence-electron chi connectivity index (χ3n) is 6.33. The molecule has 196 valence electrons. The number of ether oxygens (including phenoxy) is 1. The Hall–Kier alpha value is -3.96. The fourth-order valence-corrected chi connectivity index (χ4v) is 4.42. The molecule has 0 bridgehead atoms. The standard InChI is InChI=1S/C25H25F4N5O3/c1-2-37-23(36)24(15-16-5-3-8-19(31-16)32-20-9-12-30-33-20)10-13-34(14-11-24)22(35)17-6-4-7-18(21(17)26)25(27,28)29/h3-9,12H,2,10-11,13-15H2,1H3,(H2,30,31,32,33). The molecule has 1 fully saturated rings. The minimum Gasteiger partial charge on any atom is -0.466 e. The first-order chi connectivity index (χ1) is 17.6. The van der Waals surface area contributed by atoms with Gasteiger partial charge in [-0.1, -0.05) is 12.1 Å². The van der Waals surface area contributed by atoms with Gasteiger partial charge in [-0.15, -0.1) is 0 Å². The van der Waals surface area contributed by atoms with Crippen molar-refractivity contribution in [3.05, 3.63) is 71.3 Å². The summed E-state index contributed by atoms with van der Waals surface area (Å²) in [5, 5.41) is 9.76. The molecule has 0 atom stereocenters. The van der Waals surface area contributed by atoms with Gasteiger partial charge in [0.1, 0.15) is 11.6 Å². The van der Waals surface area contributed by atoms with Gasteiger partial charge in [0, 0.05) is 37.5 Å². The zero-order chi connectivity index (χ0) is 26.6. The molecule has 12 heteroatoms. The first-order valence-corrected chi connectivity index (χ1v) is 11.7. The number of alkyl halides is 3. The maximum atomic E-state index is 14.6. The molecule has 0 spiro atoms. The molecule has 4 rings (SSSR count). The highest BCUT2D eigenvalue weighted by atomic mass is 19.4. The molecule has 1 saturated heterocycles. The number of halogens is 4. The Bertz CT molecular complexity index is 1260. The highest BCUT2D eigenvalue weighted by molar-refractivity contribution is 5.95. The molecule has 0 saturated carbocycles.